The number of imidazole rings is 1. The van der Waals surface area contributed by atoms with Gasteiger partial charge in [0.05, 0.1) is 25.2 Å². The van der Waals surface area contributed by atoms with Gasteiger partial charge in [0.15, 0.2) is 43.2 Å². The summed E-state index contributed by atoms with van der Waals surface area (Å²) in [5.41, 5.74) is 8.50. The molecule has 0 radical (unpaired) electrons. The molecule has 0 spiro atoms. The van der Waals surface area contributed by atoms with Crippen molar-refractivity contribution in [1.29, 1.82) is 5.41 Å². The van der Waals surface area contributed by atoms with Gasteiger partial charge in [-0.05, 0) is 37.2 Å². The van der Waals surface area contributed by atoms with E-state index in [4.69, 9.17) is 25.1 Å². The zero-order valence-electron chi connectivity index (χ0n) is 24.9. The topological polar surface area (TPSA) is 202 Å². The minimum absolute atomic E-state index is 0.130. The van der Waals surface area contributed by atoms with Crippen LogP contribution < -0.4 is 5.73 Å². The van der Waals surface area contributed by atoms with E-state index in [1.165, 1.54) is 30.1 Å². The van der Waals surface area contributed by atoms with Crippen molar-refractivity contribution in [1.82, 2.24) is 24.4 Å². The number of ether oxygens (including phenoxy) is 2. The lowest BCUT2D eigenvalue weighted by Crippen LogP contribution is -2.42. The summed E-state index contributed by atoms with van der Waals surface area (Å²) in [4.78, 5) is 14.1. The number of allylic oxidation sites excluding steroid dienone is 3. The molecule has 2 unspecified atom stereocenters. The smallest absolute Gasteiger partial charge is 0.402 e. The molecule has 45 heavy (non-hydrogen) atoms. The number of fused-ring (bicyclic) bond motifs is 1. The molecule has 246 valence electrons. The minimum atomic E-state index is -2.11. The first-order valence-corrected chi connectivity index (χ1v) is 16.0. The summed E-state index contributed by atoms with van der Waals surface area (Å²) in [6, 6.07) is 0. The van der Waals surface area contributed by atoms with Gasteiger partial charge in [-0.3, -0.25) is 9.98 Å². The van der Waals surface area contributed by atoms with E-state index in [-0.39, 0.29) is 5.84 Å². The standard InChI is InChI=1S/C28H39F2N7O7P/c1-4-36(27-20(29)23(40)18(11-38)42-27)25(32)15(2)16(31)9-7-5-6-8-10-17-22-26(34-13-33-17)37(14-35-22)28-21(30)24(44-45(3)41)19(12-39)43-28/h4-6,13-14,18-21,23-24,27-28,32,38-40H,1,7-12,31H2,2-3H3/q+1/b6-5+,16-15-,32-25?/t18-,19?,20-,21-,23-,24-,27-,28-/m1/s1. The molecule has 2 aliphatic heterocycles. The van der Waals surface area contributed by atoms with Gasteiger partial charge >= 0.3 is 8.03 Å². The Labute approximate surface area is 259 Å². The van der Waals surface area contributed by atoms with Crippen LogP contribution in [-0.4, -0.2) is 108 Å². The quantitative estimate of drug-likeness (QED) is 0.0861. The molecule has 4 heterocycles. The molecule has 0 aliphatic carbocycles. The molecule has 2 fully saturated rings. The summed E-state index contributed by atoms with van der Waals surface area (Å²) in [6.07, 6.45) is -0.946. The molecular formula is C28H39F2N7O7P+. The van der Waals surface area contributed by atoms with Crippen molar-refractivity contribution in [2.24, 2.45) is 5.73 Å². The fraction of sp³-hybridized carbons (Fsp3) is 0.571. The number of nitrogens with zero attached hydrogens (tertiary/aromatic N) is 5. The number of hydrogen-bond donors (Lipinski definition) is 5. The summed E-state index contributed by atoms with van der Waals surface area (Å²) >= 11 is 0. The maximum atomic E-state index is 15.2. The van der Waals surface area contributed by atoms with Crippen LogP contribution in [0, 0.1) is 5.41 Å². The summed E-state index contributed by atoms with van der Waals surface area (Å²) in [7, 11) is -2.11. The highest BCUT2D eigenvalue weighted by Gasteiger charge is 2.51. The molecule has 17 heteroatoms. The van der Waals surface area contributed by atoms with Crippen molar-refractivity contribution in [2.45, 2.75) is 81.8 Å². The second-order valence-corrected chi connectivity index (χ2v) is 11.8. The molecule has 0 aromatic carbocycles. The molecule has 14 nitrogen and oxygen atoms in total. The molecule has 2 aliphatic rings. The Bertz CT molecular complexity index is 1440. The number of halogens is 2. The first-order chi connectivity index (χ1) is 21.5. The zero-order chi connectivity index (χ0) is 32.8. The van der Waals surface area contributed by atoms with E-state index < -0.39 is 70.5 Å². The van der Waals surface area contributed by atoms with Crippen LogP contribution >= 0.6 is 8.03 Å². The fourth-order valence-electron chi connectivity index (χ4n) is 5.26. The molecule has 9 atom stereocenters. The average Bonchev–Trinajstić information content (AvgIpc) is 3.68. The van der Waals surface area contributed by atoms with Gasteiger partial charge in [0, 0.05) is 17.5 Å². The monoisotopic (exact) mass is 654 g/mol. The van der Waals surface area contributed by atoms with Crippen LogP contribution in [-0.2, 0) is 25.0 Å². The van der Waals surface area contributed by atoms with E-state index in [1.807, 2.05) is 12.2 Å². The Hall–Kier alpha value is -3.24. The van der Waals surface area contributed by atoms with Crippen LogP contribution in [0.4, 0.5) is 8.78 Å². The summed E-state index contributed by atoms with van der Waals surface area (Å²) in [5.74, 6) is -0.130. The average molecular weight is 655 g/mol. The lowest BCUT2D eigenvalue weighted by atomic mass is 10.1. The Morgan fingerprint density at radius 1 is 1.20 bits per heavy atom. The highest BCUT2D eigenvalue weighted by molar-refractivity contribution is 7.38. The van der Waals surface area contributed by atoms with Crippen molar-refractivity contribution < 1.29 is 42.7 Å². The number of hydrogen-bond acceptors (Lipinski definition) is 12. The van der Waals surface area contributed by atoms with E-state index in [2.05, 4.69) is 21.5 Å². The minimum Gasteiger partial charge on any atom is -0.402 e. The highest BCUT2D eigenvalue weighted by atomic mass is 31.1. The van der Waals surface area contributed by atoms with E-state index in [9.17, 15) is 24.3 Å². The van der Waals surface area contributed by atoms with E-state index in [0.29, 0.717) is 53.8 Å². The first-order valence-electron chi connectivity index (χ1n) is 14.4. The molecule has 2 aromatic heterocycles. The van der Waals surface area contributed by atoms with Gasteiger partial charge in [-0.1, -0.05) is 18.7 Å². The number of aliphatic hydroxyl groups is 3. The summed E-state index contributed by atoms with van der Waals surface area (Å²) in [6.45, 7) is 5.48. The number of aryl methyl sites for hydroxylation is 1. The molecule has 2 aromatic rings. The molecular weight excluding hydrogens is 615 g/mol. The Balaban J connectivity index is 1.33. The summed E-state index contributed by atoms with van der Waals surface area (Å²) in [5, 5.41) is 37.3. The largest absolute Gasteiger partial charge is 0.505 e. The third-order valence-electron chi connectivity index (χ3n) is 7.76. The molecule has 4 rings (SSSR count). The molecule has 6 N–H and O–H groups in total. The molecule has 0 saturated carbocycles. The lowest BCUT2D eigenvalue weighted by Gasteiger charge is -2.29. The van der Waals surface area contributed by atoms with E-state index in [1.54, 1.807) is 6.92 Å². The van der Waals surface area contributed by atoms with E-state index >= 15 is 4.39 Å². The van der Waals surface area contributed by atoms with Crippen LogP contribution in [0.25, 0.3) is 11.2 Å². The van der Waals surface area contributed by atoms with Crippen molar-refractivity contribution in [3.8, 4) is 0 Å². The molecule has 0 amide bonds. The van der Waals surface area contributed by atoms with Crippen molar-refractivity contribution in [3.05, 3.63) is 54.5 Å². The van der Waals surface area contributed by atoms with Crippen LogP contribution in [0.5, 0.6) is 0 Å². The van der Waals surface area contributed by atoms with Crippen molar-refractivity contribution >= 4 is 25.0 Å². The number of rotatable bonds is 14. The number of alkyl halides is 2. The maximum Gasteiger partial charge on any atom is 0.505 e. The fourth-order valence-corrected chi connectivity index (χ4v) is 5.86. The lowest BCUT2D eigenvalue weighted by molar-refractivity contribution is -0.0521. The molecule has 0 bridgehead atoms. The van der Waals surface area contributed by atoms with Gasteiger partial charge in [0.2, 0.25) is 0 Å². The van der Waals surface area contributed by atoms with Gasteiger partial charge in [-0.15, -0.1) is 4.52 Å². The zero-order valence-corrected chi connectivity index (χ0v) is 25.8. The Morgan fingerprint density at radius 2 is 1.91 bits per heavy atom. The number of amidine groups is 1. The van der Waals surface area contributed by atoms with Crippen LogP contribution in [0.15, 0.2) is 48.9 Å². The second kappa shape index (κ2) is 15.4. The molecule has 2 saturated heterocycles. The highest BCUT2D eigenvalue weighted by Crippen LogP contribution is 2.39. The number of aliphatic hydroxyl groups excluding tert-OH is 3. The number of aromatic nitrogens is 4. The van der Waals surface area contributed by atoms with Crippen LogP contribution in [0.2, 0.25) is 0 Å². The summed E-state index contributed by atoms with van der Waals surface area (Å²) < 4.78 is 59.0. The van der Waals surface area contributed by atoms with Gasteiger partial charge in [-0.2, -0.15) is 0 Å². The third kappa shape index (κ3) is 7.43. The third-order valence-corrected chi connectivity index (χ3v) is 8.30. The number of nitrogens with two attached hydrogens (primary N) is 1. The van der Waals surface area contributed by atoms with Gasteiger partial charge in [-0.25, -0.2) is 23.7 Å². The van der Waals surface area contributed by atoms with Crippen LogP contribution in [0.3, 0.4) is 0 Å². The SMILES string of the molecule is C=CN(C(=N)/C(C)=C(\N)CC/C=C/CCc1ncnc2c1ncn2[C@@H]1OC(CO)[C@@H](O[P+](C)=O)[C@H]1F)[C@@H]1O[C@H](CO)[C@@H](O)[C@H]1F. The second-order valence-electron chi connectivity index (χ2n) is 10.7. The van der Waals surface area contributed by atoms with Crippen molar-refractivity contribution in [2.75, 3.05) is 19.9 Å². The normalized spacial score (nSPS) is 29.4. The first kappa shape index (κ1) is 34.6. The van der Waals surface area contributed by atoms with Crippen molar-refractivity contribution in [3.63, 3.8) is 0 Å². The Morgan fingerprint density at radius 3 is 2.56 bits per heavy atom. The number of nitrogens with one attached hydrogen (secondary N) is 1. The van der Waals surface area contributed by atoms with Gasteiger partial charge in [0.25, 0.3) is 0 Å². The van der Waals surface area contributed by atoms with Crippen LogP contribution in [0.1, 0.15) is 38.1 Å². The maximum absolute atomic E-state index is 15.2. The van der Waals surface area contributed by atoms with E-state index in [0.717, 1.165) is 4.90 Å². The predicted molar refractivity (Wildman–Crippen MR) is 160 cm³/mol. The Kier molecular flexibility index (Phi) is 11.8. The van der Waals surface area contributed by atoms with Gasteiger partial charge < -0.3 is 35.4 Å². The van der Waals surface area contributed by atoms with Gasteiger partial charge in [0.1, 0.15) is 36.0 Å². The predicted octanol–water partition coefficient (Wildman–Crippen LogP) is 2.15.